The van der Waals surface area contributed by atoms with E-state index in [1.54, 1.807) is 0 Å². The van der Waals surface area contributed by atoms with Gasteiger partial charge in [-0.15, -0.1) is 6.58 Å². The molecule has 2 nitrogen and oxygen atoms in total. The van der Waals surface area contributed by atoms with Crippen LogP contribution in [0.2, 0.25) is 0 Å². The Hall–Kier alpha value is -1.15. The van der Waals surface area contributed by atoms with E-state index in [0.29, 0.717) is 0 Å². The number of pyridine rings is 1. The van der Waals surface area contributed by atoms with Gasteiger partial charge in [0.15, 0.2) is 0 Å². The minimum absolute atomic E-state index is 0.889. The van der Waals surface area contributed by atoms with Crippen molar-refractivity contribution in [2.24, 2.45) is 0 Å². The fourth-order valence-corrected chi connectivity index (χ4v) is 1.14. The quantitative estimate of drug-likeness (QED) is 0.570. The van der Waals surface area contributed by atoms with Crippen molar-refractivity contribution in [3.8, 4) is 0 Å². The molecular weight excluding hydrogens is 172 g/mol. The van der Waals surface area contributed by atoms with Crippen molar-refractivity contribution < 1.29 is 0 Å². The standard InChI is InChI=1S/C12H18N2/c1-10(2)6-7-13-8-12-5-4-11(3)14-9-12/h4-5,9,13H,1,6-8H2,2-3H3. The first-order valence-corrected chi connectivity index (χ1v) is 4.95. The summed E-state index contributed by atoms with van der Waals surface area (Å²) in [6.07, 6.45) is 2.96. The summed E-state index contributed by atoms with van der Waals surface area (Å²) >= 11 is 0. The van der Waals surface area contributed by atoms with Crippen molar-refractivity contribution in [2.75, 3.05) is 6.54 Å². The normalized spacial score (nSPS) is 10.1. The molecular formula is C12H18N2. The fraction of sp³-hybridized carbons (Fsp3) is 0.417. The third kappa shape index (κ3) is 4.19. The van der Waals surface area contributed by atoms with Gasteiger partial charge in [-0.25, -0.2) is 0 Å². The van der Waals surface area contributed by atoms with Crippen molar-refractivity contribution in [2.45, 2.75) is 26.8 Å². The van der Waals surface area contributed by atoms with E-state index in [1.165, 1.54) is 11.1 Å². The zero-order chi connectivity index (χ0) is 10.4. The maximum atomic E-state index is 4.24. The highest BCUT2D eigenvalue weighted by Crippen LogP contribution is 1.99. The Balaban J connectivity index is 2.25. The molecule has 14 heavy (non-hydrogen) atoms. The Morgan fingerprint density at radius 3 is 2.86 bits per heavy atom. The molecule has 0 fully saturated rings. The van der Waals surface area contributed by atoms with Gasteiger partial charge in [-0.05, 0) is 38.4 Å². The maximum Gasteiger partial charge on any atom is 0.0372 e. The van der Waals surface area contributed by atoms with E-state index >= 15 is 0 Å². The maximum absolute atomic E-state index is 4.24. The molecule has 0 aromatic carbocycles. The summed E-state index contributed by atoms with van der Waals surface area (Å²) in [7, 11) is 0. The average Bonchev–Trinajstić information content (AvgIpc) is 2.15. The summed E-state index contributed by atoms with van der Waals surface area (Å²) < 4.78 is 0. The van der Waals surface area contributed by atoms with Crippen LogP contribution in [0.3, 0.4) is 0 Å². The molecule has 2 heteroatoms. The lowest BCUT2D eigenvalue weighted by Crippen LogP contribution is -2.14. The lowest BCUT2D eigenvalue weighted by Gasteiger charge is -2.04. The van der Waals surface area contributed by atoms with E-state index in [-0.39, 0.29) is 0 Å². The van der Waals surface area contributed by atoms with Crippen molar-refractivity contribution in [3.05, 3.63) is 41.7 Å². The largest absolute Gasteiger partial charge is 0.312 e. The topological polar surface area (TPSA) is 24.9 Å². The third-order valence-electron chi connectivity index (χ3n) is 2.03. The summed E-state index contributed by atoms with van der Waals surface area (Å²) in [6, 6.07) is 4.14. The molecule has 76 valence electrons. The molecule has 0 radical (unpaired) electrons. The monoisotopic (exact) mass is 190 g/mol. The van der Waals surface area contributed by atoms with E-state index in [4.69, 9.17) is 0 Å². The molecule has 1 heterocycles. The van der Waals surface area contributed by atoms with E-state index in [0.717, 1.165) is 25.2 Å². The van der Waals surface area contributed by atoms with Crippen LogP contribution in [0.5, 0.6) is 0 Å². The predicted molar refractivity (Wildman–Crippen MR) is 60.1 cm³/mol. The van der Waals surface area contributed by atoms with Crippen LogP contribution in [0.25, 0.3) is 0 Å². The van der Waals surface area contributed by atoms with E-state index < -0.39 is 0 Å². The molecule has 0 atom stereocenters. The summed E-state index contributed by atoms with van der Waals surface area (Å²) in [5.74, 6) is 0. The number of aromatic nitrogens is 1. The molecule has 1 N–H and O–H groups in total. The summed E-state index contributed by atoms with van der Waals surface area (Å²) in [5, 5.41) is 3.35. The molecule has 0 saturated heterocycles. The van der Waals surface area contributed by atoms with Gasteiger partial charge in [-0.3, -0.25) is 4.98 Å². The molecule has 1 rings (SSSR count). The Morgan fingerprint density at radius 2 is 2.29 bits per heavy atom. The van der Waals surface area contributed by atoms with Gasteiger partial charge in [0.05, 0.1) is 0 Å². The number of hydrogen-bond acceptors (Lipinski definition) is 2. The van der Waals surface area contributed by atoms with E-state index in [9.17, 15) is 0 Å². The van der Waals surface area contributed by atoms with Crippen molar-refractivity contribution >= 4 is 0 Å². The number of nitrogens with zero attached hydrogens (tertiary/aromatic N) is 1. The Labute approximate surface area is 86.1 Å². The number of rotatable bonds is 5. The van der Waals surface area contributed by atoms with Gasteiger partial charge in [-0.2, -0.15) is 0 Å². The molecule has 0 aliphatic rings. The van der Waals surface area contributed by atoms with Gasteiger partial charge < -0.3 is 5.32 Å². The van der Waals surface area contributed by atoms with Crippen LogP contribution in [-0.2, 0) is 6.54 Å². The molecule has 0 aliphatic heterocycles. The van der Waals surface area contributed by atoms with Gasteiger partial charge in [-0.1, -0.05) is 11.6 Å². The zero-order valence-corrected chi connectivity index (χ0v) is 9.01. The predicted octanol–water partition coefficient (Wildman–Crippen LogP) is 2.45. The summed E-state index contributed by atoms with van der Waals surface area (Å²) in [4.78, 5) is 4.24. The van der Waals surface area contributed by atoms with Gasteiger partial charge in [0.2, 0.25) is 0 Å². The Kier molecular flexibility index (Phi) is 4.33. The van der Waals surface area contributed by atoms with Gasteiger partial charge in [0.25, 0.3) is 0 Å². The van der Waals surface area contributed by atoms with Crippen LogP contribution in [0.1, 0.15) is 24.6 Å². The van der Waals surface area contributed by atoms with Crippen LogP contribution in [0, 0.1) is 6.92 Å². The molecule has 1 aromatic rings. The Bertz CT molecular complexity index is 288. The van der Waals surface area contributed by atoms with Gasteiger partial charge in [0.1, 0.15) is 0 Å². The van der Waals surface area contributed by atoms with Gasteiger partial charge in [0, 0.05) is 18.4 Å². The molecule has 0 aliphatic carbocycles. The second-order valence-electron chi connectivity index (χ2n) is 3.69. The highest BCUT2D eigenvalue weighted by atomic mass is 14.8. The Morgan fingerprint density at radius 1 is 1.50 bits per heavy atom. The van der Waals surface area contributed by atoms with Gasteiger partial charge >= 0.3 is 0 Å². The second kappa shape index (κ2) is 5.55. The highest BCUT2D eigenvalue weighted by Gasteiger charge is 1.92. The number of hydrogen-bond donors (Lipinski definition) is 1. The van der Waals surface area contributed by atoms with Crippen LogP contribution in [0.4, 0.5) is 0 Å². The molecule has 0 unspecified atom stereocenters. The minimum Gasteiger partial charge on any atom is -0.312 e. The first-order valence-electron chi connectivity index (χ1n) is 4.95. The smallest absolute Gasteiger partial charge is 0.0372 e. The first kappa shape index (κ1) is 10.9. The zero-order valence-electron chi connectivity index (χ0n) is 9.01. The molecule has 0 amide bonds. The fourth-order valence-electron chi connectivity index (χ4n) is 1.14. The van der Waals surface area contributed by atoms with E-state index in [2.05, 4.69) is 29.9 Å². The molecule has 0 saturated carbocycles. The van der Waals surface area contributed by atoms with Crippen LogP contribution < -0.4 is 5.32 Å². The SMILES string of the molecule is C=C(C)CCNCc1ccc(C)nc1. The first-order chi connectivity index (χ1) is 6.68. The van der Waals surface area contributed by atoms with Crippen molar-refractivity contribution in [1.29, 1.82) is 0 Å². The second-order valence-corrected chi connectivity index (χ2v) is 3.69. The van der Waals surface area contributed by atoms with Crippen molar-refractivity contribution in [1.82, 2.24) is 10.3 Å². The van der Waals surface area contributed by atoms with Crippen LogP contribution in [-0.4, -0.2) is 11.5 Å². The molecule has 0 bridgehead atoms. The van der Waals surface area contributed by atoms with E-state index in [1.807, 2.05) is 19.2 Å². The summed E-state index contributed by atoms with van der Waals surface area (Å²) in [6.45, 7) is 9.79. The third-order valence-corrected chi connectivity index (χ3v) is 2.03. The number of aryl methyl sites for hydroxylation is 1. The van der Waals surface area contributed by atoms with Crippen LogP contribution >= 0.6 is 0 Å². The summed E-state index contributed by atoms with van der Waals surface area (Å²) in [5.41, 5.74) is 3.52. The van der Waals surface area contributed by atoms with Crippen molar-refractivity contribution in [3.63, 3.8) is 0 Å². The lowest BCUT2D eigenvalue weighted by atomic mass is 10.2. The highest BCUT2D eigenvalue weighted by molar-refractivity contribution is 5.12. The minimum atomic E-state index is 0.889. The number of nitrogens with one attached hydrogen (secondary N) is 1. The molecule has 0 spiro atoms. The lowest BCUT2D eigenvalue weighted by molar-refractivity contribution is 0.683. The average molecular weight is 190 g/mol. The van der Waals surface area contributed by atoms with Crippen LogP contribution in [0.15, 0.2) is 30.5 Å². The molecule has 1 aromatic heterocycles.